The van der Waals surface area contributed by atoms with Crippen LogP contribution in [0.25, 0.3) is 45.2 Å². The number of carbonyl (C=O) groups excluding carboxylic acids is 1. The lowest BCUT2D eigenvalue weighted by Crippen LogP contribution is -2.10. The molecule has 6 rings (SSSR count). The zero-order chi connectivity index (χ0) is 41.1. The number of allylic oxidation sites excluding steroid dienone is 8. The molecule has 3 atom stereocenters. The summed E-state index contributed by atoms with van der Waals surface area (Å²) in [6.07, 6.45) is 14.2. The van der Waals surface area contributed by atoms with E-state index in [9.17, 15) is 15.0 Å². The SMILES string of the molecule is CCC1=C(C)c2cc3nc(cc4[nH]c(c5c6[nH]c(cc1n2)c(CC)c6C(O)=C5)[C@@H](CCC(=O)OC/C=C(\C)CC/C=C(\C)CCC=C(C)C)[C@@H]4C)C(C)=C3[C@@H](C)O. The smallest absolute Gasteiger partial charge is 0.306 e. The maximum Gasteiger partial charge on any atom is 0.306 e. The molecule has 0 fully saturated rings. The van der Waals surface area contributed by atoms with Crippen LogP contribution in [0.5, 0.6) is 0 Å². The maximum absolute atomic E-state index is 13.2. The van der Waals surface area contributed by atoms with Crippen LogP contribution in [0.2, 0.25) is 0 Å². The average molecular weight is 771 g/mol. The molecule has 0 spiro atoms. The molecule has 302 valence electrons. The Labute approximate surface area is 339 Å². The van der Waals surface area contributed by atoms with Gasteiger partial charge in [-0.05, 0) is 146 Å². The van der Waals surface area contributed by atoms with Gasteiger partial charge in [-0.2, -0.15) is 0 Å². The largest absolute Gasteiger partial charge is 0.507 e. The van der Waals surface area contributed by atoms with Gasteiger partial charge in [0, 0.05) is 51.9 Å². The van der Waals surface area contributed by atoms with Crippen LogP contribution in [-0.4, -0.2) is 48.8 Å². The first-order valence-electron chi connectivity index (χ1n) is 20.9. The number of rotatable bonds is 14. The van der Waals surface area contributed by atoms with Gasteiger partial charge in [-0.3, -0.25) is 4.79 Å². The van der Waals surface area contributed by atoms with Crippen molar-refractivity contribution in [3.63, 3.8) is 0 Å². The zero-order valence-electron chi connectivity index (χ0n) is 35.7. The fourth-order valence-electron chi connectivity index (χ4n) is 8.78. The Morgan fingerprint density at radius 1 is 0.877 bits per heavy atom. The van der Waals surface area contributed by atoms with E-state index in [2.05, 4.69) is 89.6 Å². The number of H-pyrrole nitrogens is 2. The van der Waals surface area contributed by atoms with Crippen LogP contribution in [0.15, 0.2) is 53.1 Å². The molecule has 0 aromatic carbocycles. The fourth-order valence-corrected chi connectivity index (χ4v) is 8.78. The van der Waals surface area contributed by atoms with Crippen molar-refractivity contribution < 1.29 is 19.7 Å². The molecule has 8 heteroatoms. The molecule has 4 aliphatic rings. The predicted molar refractivity (Wildman–Crippen MR) is 236 cm³/mol. The number of aliphatic hydroxyl groups is 2. The van der Waals surface area contributed by atoms with Crippen LogP contribution in [0.1, 0.15) is 177 Å². The van der Waals surface area contributed by atoms with Gasteiger partial charge < -0.3 is 24.9 Å². The molecule has 5 heterocycles. The lowest BCUT2D eigenvalue weighted by molar-refractivity contribution is -0.142. The highest BCUT2D eigenvalue weighted by atomic mass is 16.5. The van der Waals surface area contributed by atoms with E-state index in [-0.39, 0.29) is 36.6 Å². The summed E-state index contributed by atoms with van der Waals surface area (Å²) < 4.78 is 5.75. The number of nitrogens with zero attached hydrogens (tertiary/aromatic N) is 2. The first kappa shape index (κ1) is 41.7. The maximum atomic E-state index is 13.2. The third-order valence-electron chi connectivity index (χ3n) is 12.1. The van der Waals surface area contributed by atoms with Crippen LogP contribution in [0.3, 0.4) is 0 Å². The summed E-state index contributed by atoms with van der Waals surface area (Å²) in [4.78, 5) is 30.9. The molecule has 0 radical (unpaired) electrons. The summed E-state index contributed by atoms with van der Waals surface area (Å²) in [5.41, 5.74) is 17.7. The Morgan fingerprint density at radius 2 is 1.56 bits per heavy atom. The number of aromatic nitrogens is 4. The molecule has 3 aliphatic heterocycles. The third-order valence-corrected chi connectivity index (χ3v) is 12.1. The fraction of sp³-hybridized carbons (Fsp3) is 0.449. The summed E-state index contributed by atoms with van der Waals surface area (Å²) in [5, 5.41) is 22.5. The minimum absolute atomic E-state index is 0.00894. The molecule has 2 aromatic heterocycles. The third kappa shape index (κ3) is 8.81. The lowest BCUT2D eigenvalue weighted by atomic mass is 9.86. The number of esters is 1. The normalized spacial score (nSPS) is 17.9. The van der Waals surface area contributed by atoms with Crippen molar-refractivity contribution >= 4 is 51.1 Å². The van der Waals surface area contributed by atoms with E-state index >= 15 is 0 Å². The van der Waals surface area contributed by atoms with E-state index in [0.717, 1.165) is 123 Å². The number of aryl methyl sites for hydroxylation is 1. The van der Waals surface area contributed by atoms with Crippen molar-refractivity contribution in [1.29, 1.82) is 0 Å². The molecule has 8 nitrogen and oxygen atoms in total. The summed E-state index contributed by atoms with van der Waals surface area (Å²) >= 11 is 0. The number of hydrogen-bond donors (Lipinski definition) is 4. The molecular weight excluding hydrogens is 709 g/mol. The Kier molecular flexibility index (Phi) is 12.9. The van der Waals surface area contributed by atoms with Gasteiger partial charge >= 0.3 is 5.97 Å². The van der Waals surface area contributed by atoms with Crippen LogP contribution >= 0.6 is 0 Å². The number of nitrogens with one attached hydrogen (secondary N) is 2. The van der Waals surface area contributed by atoms with E-state index in [1.54, 1.807) is 6.92 Å². The van der Waals surface area contributed by atoms with Crippen molar-refractivity contribution in [3.05, 3.63) is 104 Å². The number of ether oxygens (including phenoxy) is 1. The Hall–Kier alpha value is -4.95. The van der Waals surface area contributed by atoms with Gasteiger partial charge in [-0.25, -0.2) is 9.97 Å². The van der Waals surface area contributed by atoms with Gasteiger partial charge in [0.05, 0.1) is 34.4 Å². The number of aliphatic hydroxyl groups excluding tert-OH is 2. The van der Waals surface area contributed by atoms with E-state index in [1.165, 1.54) is 16.7 Å². The molecule has 8 bridgehead atoms. The molecule has 0 saturated carbocycles. The zero-order valence-corrected chi connectivity index (χ0v) is 35.7. The standard InChI is InChI=1S/C49H62N4O4/c1-11-34-30(7)38-25-43-46(33(10)54)32(9)40(51-43)24-39-31(8)36(19-20-45(56)57-22-21-29(6)18-14-17-28(5)16-13-15-27(3)4)48(52-39)37-23-44(55)47-35(12-2)42(53-49(37)47)26-41(34)50-38/h15,17,21,23-26,31,33,36,52-55H,11-14,16,18-20,22H2,1-10H3/b28-17+,29-21+,39-24?,41-26?,43-25?,48-37?/t31-,33+,36-/m0/s1. The van der Waals surface area contributed by atoms with Crippen LogP contribution < -0.4 is 0 Å². The van der Waals surface area contributed by atoms with E-state index in [1.807, 2.05) is 25.1 Å². The van der Waals surface area contributed by atoms with Crippen LogP contribution in [-0.2, 0) is 16.0 Å². The highest BCUT2D eigenvalue weighted by Gasteiger charge is 2.34. The second-order valence-electron chi connectivity index (χ2n) is 16.5. The first-order valence-corrected chi connectivity index (χ1v) is 20.9. The molecular formula is C49H62N4O4. The van der Waals surface area contributed by atoms with Crippen molar-refractivity contribution in [2.75, 3.05) is 6.61 Å². The van der Waals surface area contributed by atoms with Crippen molar-refractivity contribution in [1.82, 2.24) is 19.9 Å². The second kappa shape index (κ2) is 17.7. The van der Waals surface area contributed by atoms with E-state index in [0.29, 0.717) is 6.42 Å². The van der Waals surface area contributed by atoms with E-state index in [4.69, 9.17) is 14.7 Å². The van der Waals surface area contributed by atoms with Gasteiger partial charge in [-0.15, -0.1) is 0 Å². The minimum Gasteiger partial charge on any atom is -0.507 e. The quantitative estimate of drug-likeness (QED) is 0.112. The highest BCUT2D eigenvalue weighted by molar-refractivity contribution is 6.02. The Bertz CT molecular complexity index is 2320. The monoisotopic (exact) mass is 770 g/mol. The minimum atomic E-state index is -0.716. The number of carbonyl (C=O) groups is 1. The van der Waals surface area contributed by atoms with E-state index < -0.39 is 6.10 Å². The second-order valence-corrected chi connectivity index (χ2v) is 16.5. The van der Waals surface area contributed by atoms with Gasteiger partial charge in [0.15, 0.2) is 0 Å². The Balaban J connectivity index is 1.33. The number of fused-ring (bicyclic) bond motifs is 8. The van der Waals surface area contributed by atoms with Gasteiger partial charge in [0.1, 0.15) is 12.4 Å². The highest BCUT2D eigenvalue weighted by Crippen LogP contribution is 2.46. The summed E-state index contributed by atoms with van der Waals surface area (Å²) in [7, 11) is 0. The van der Waals surface area contributed by atoms with Crippen molar-refractivity contribution in [3.8, 4) is 0 Å². The molecule has 0 unspecified atom stereocenters. The van der Waals surface area contributed by atoms with Crippen LogP contribution in [0, 0.1) is 0 Å². The number of aromatic amines is 2. The number of hydrogen-bond acceptors (Lipinski definition) is 6. The van der Waals surface area contributed by atoms with Gasteiger partial charge in [0.25, 0.3) is 0 Å². The van der Waals surface area contributed by atoms with Crippen molar-refractivity contribution in [2.45, 2.75) is 139 Å². The molecule has 57 heavy (non-hydrogen) atoms. The Morgan fingerprint density at radius 3 is 2.25 bits per heavy atom. The van der Waals surface area contributed by atoms with Crippen LogP contribution in [0.4, 0.5) is 0 Å². The summed E-state index contributed by atoms with van der Waals surface area (Å²) in [6.45, 7) is 21.2. The summed E-state index contributed by atoms with van der Waals surface area (Å²) in [5.74, 6) is -0.0375. The van der Waals surface area contributed by atoms with Crippen molar-refractivity contribution in [2.24, 2.45) is 0 Å². The molecule has 2 aromatic rings. The first-order chi connectivity index (χ1) is 27.2. The topological polar surface area (TPSA) is 124 Å². The predicted octanol–water partition coefficient (Wildman–Crippen LogP) is 12.3. The van der Waals surface area contributed by atoms with Gasteiger partial charge in [0.2, 0.25) is 0 Å². The molecule has 0 amide bonds. The van der Waals surface area contributed by atoms with Gasteiger partial charge in [-0.1, -0.05) is 49.6 Å². The molecule has 4 N–H and O–H groups in total. The molecule has 0 saturated heterocycles. The molecule has 1 aliphatic carbocycles. The lowest BCUT2D eigenvalue weighted by Gasteiger charge is -2.17. The average Bonchev–Trinajstić information content (AvgIpc) is 3.92. The summed E-state index contributed by atoms with van der Waals surface area (Å²) in [6, 6.07) is 6.20.